The summed E-state index contributed by atoms with van der Waals surface area (Å²) in [6, 6.07) is 17.3. The van der Waals surface area contributed by atoms with Gasteiger partial charge in [-0.05, 0) is 117 Å². The molecule has 0 aliphatic rings. The minimum atomic E-state index is -0.300. The SMILES string of the molecule is CCCCCC(=Nc1cc(CC)cc(CC)c1)C(CCCC)=Nc1cc(CC)cc(CC)c1.CCCCCc1ccc(CC)c([O-])c1[O-].[Ni+2]. The molecule has 0 aliphatic carbocycles. The quantitative estimate of drug-likeness (QED) is 0.0705. The minimum Gasteiger partial charge on any atom is -0.873 e. The monoisotopic (exact) mass is 710 g/mol. The van der Waals surface area contributed by atoms with Crippen molar-refractivity contribution in [1.29, 1.82) is 0 Å². The van der Waals surface area contributed by atoms with Crippen molar-refractivity contribution in [2.24, 2.45) is 9.98 Å². The molecule has 0 unspecified atom stereocenters. The summed E-state index contributed by atoms with van der Waals surface area (Å²) in [7, 11) is 0. The molecule has 0 saturated carbocycles. The topological polar surface area (TPSA) is 70.8 Å². The van der Waals surface area contributed by atoms with E-state index in [1.807, 2.05) is 13.0 Å². The molecule has 0 amide bonds. The summed E-state index contributed by atoms with van der Waals surface area (Å²) >= 11 is 0. The van der Waals surface area contributed by atoms with E-state index < -0.39 is 0 Å². The fourth-order valence-electron chi connectivity index (χ4n) is 5.84. The van der Waals surface area contributed by atoms with Gasteiger partial charge in [0.05, 0.1) is 22.8 Å². The molecule has 3 aromatic carbocycles. The maximum absolute atomic E-state index is 11.6. The zero-order valence-electron chi connectivity index (χ0n) is 32.0. The van der Waals surface area contributed by atoms with Crippen molar-refractivity contribution in [3.8, 4) is 11.5 Å². The molecule has 3 rings (SSSR count). The fourth-order valence-corrected chi connectivity index (χ4v) is 5.84. The van der Waals surface area contributed by atoms with Gasteiger partial charge in [0.25, 0.3) is 0 Å². The molecule has 0 spiro atoms. The van der Waals surface area contributed by atoms with Crippen LogP contribution >= 0.6 is 0 Å². The molecule has 49 heavy (non-hydrogen) atoms. The van der Waals surface area contributed by atoms with Crippen LogP contribution in [0.1, 0.15) is 153 Å². The number of aliphatic imine (C=N–C) groups is 2. The van der Waals surface area contributed by atoms with Gasteiger partial charge in [0, 0.05) is 0 Å². The van der Waals surface area contributed by atoms with E-state index >= 15 is 0 Å². The van der Waals surface area contributed by atoms with Crippen LogP contribution in [0.25, 0.3) is 0 Å². The van der Waals surface area contributed by atoms with Crippen LogP contribution < -0.4 is 10.2 Å². The molecule has 3 aromatic rings. The zero-order valence-corrected chi connectivity index (χ0v) is 32.9. The van der Waals surface area contributed by atoms with Gasteiger partial charge >= 0.3 is 16.5 Å². The molecule has 0 N–H and O–H groups in total. The third-order valence-corrected chi connectivity index (χ3v) is 9.06. The van der Waals surface area contributed by atoms with Crippen LogP contribution in [0.2, 0.25) is 0 Å². The number of hydrogen-bond donors (Lipinski definition) is 0. The number of unbranched alkanes of at least 4 members (excludes halogenated alkanes) is 5. The Morgan fingerprint density at radius 3 is 1.27 bits per heavy atom. The summed E-state index contributed by atoms with van der Waals surface area (Å²) in [4.78, 5) is 10.5. The molecule has 0 aliphatic heterocycles. The first kappa shape index (κ1) is 44.1. The Morgan fingerprint density at radius 1 is 0.469 bits per heavy atom. The normalized spacial score (nSPS) is 11.6. The molecule has 5 heteroatoms. The largest absolute Gasteiger partial charge is 2.00 e. The summed E-state index contributed by atoms with van der Waals surface area (Å²) in [5.74, 6) is -0.586. The van der Waals surface area contributed by atoms with Gasteiger partial charge in [-0.1, -0.05) is 123 Å². The van der Waals surface area contributed by atoms with Crippen molar-refractivity contribution in [2.75, 3.05) is 0 Å². The average Bonchev–Trinajstić information content (AvgIpc) is 3.11. The van der Waals surface area contributed by atoms with Crippen molar-refractivity contribution in [3.63, 3.8) is 0 Å². The van der Waals surface area contributed by atoms with Gasteiger partial charge in [0.1, 0.15) is 0 Å². The molecular formula is C44H64N2NiO2. The van der Waals surface area contributed by atoms with Crippen molar-refractivity contribution < 1.29 is 26.7 Å². The van der Waals surface area contributed by atoms with Crippen molar-refractivity contribution in [1.82, 2.24) is 0 Å². The van der Waals surface area contributed by atoms with Crippen LogP contribution in [0.5, 0.6) is 11.5 Å². The third kappa shape index (κ3) is 15.3. The maximum Gasteiger partial charge on any atom is 2.00 e. The van der Waals surface area contributed by atoms with E-state index in [0.29, 0.717) is 17.5 Å². The van der Waals surface area contributed by atoms with Crippen LogP contribution in [-0.4, -0.2) is 11.4 Å². The van der Waals surface area contributed by atoms with Crippen LogP contribution in [0.15, 0.2) is 58.5 Å². The molecule has 0 radical (unpaired) electrons. The standard InChI is InChI=1S/C31H46N2.C13H20O2.Ni/c1-7-13-15-17-31(33-29-22-26(11-5)19-27(12-6)23-29)30(16-14-8-2)32-28-20-24(9-3)18-25(10-4)21-28;1-3-5-6-7-11-9-8-10(4-2)12(14)13(11)15;/h18-23H,7-17H2,1-6H3;8-9,14-15H,3-7H2,1-2H3;/q;;+2/p-2. The Bertz CT molecular complexity index is 1400. The van der Waals surface area contributed by atoms with E-state index in [4.69, 9.17) is 9.98 Å². The molecule has 0 aromatic heterocycles. The van der Waals surface area contributed by atoms with Crippen molar-refractivity contribution >= 4 is 22.8 Å². The Balaban J connectivity index is 0.000000629. The van der Waals surface area contributed by atoms with E-state index in [9.17, 15) is 10.2 Å². The molecule has 0 fully saturated rings. The van der Waals surface area contributed by atoms with Crippen LogP contribution in [0.3, 0.4) is 0 Å². The van der Waals surface area contributed by atoms with Gasteiger partial charge in [0.15, 0.2) is 0 Å². The van der Waals surface area contributed by atoms with Crippen molar-refractivity contribution in [3.05, 3.63) is 81.9 Å². The Hall–Kier alpha value is -2.91. The molecule has 272 valence electrons. The summed E-state index contributed by atoms with van der Waals surface area (Å²) in [5, 5.41) is 23.2. The van der Waals surface area contributed by atoms with Gasteiger partial charge in [-0.2, -0.15) is 0 Å². The van der Waals surface area contributed by atoms with E-state index in [1.54, 1.807) is 6.07 Å². The molecule has 0 bridgehead atoms. The summed E-state index contributed by atoms with van der Waals surface area (Å²) in [6.45, 7) is 17.5. The van der Waals surface area contributed by atoms with Gasteiger partial charge in [-0.15, -0.1) is 11.5 Å². The molecule has 4 nitrogen and oxygen atoms in total. The zero-order chi connectivity index (χ0) is 35.3. The Morgan fingerprint density at radius 2 is 0.857 bits per heavy atom. The van der Waals surface area contributed by atoms with Crippen LogP contribution in [0, 0.1) is 0 Å². The van der Waals surface area contributed by atoms with Gasteiger partial charge in [-0.25, -0.2) is 0 Å². The van der Waals surface area contributed by atoms with E-state index in [1.165, 1.54) is 59.4 Å². The number of rotatable bonds is 19. The number of aryl methyl sites for hydroxylation is 6. The van der Waals surface area contributed by atoms with Crippen molar-refractivity contribution in [2.45, 2.75) is 158 Å². The maximum atomic E-state index is 11.6. The Labute approximate surface area is 309 Å². The van der Waals surface area contributed by atoms with Crippen LogP contribution in [0.4, 0.5) is 11.4 Å². The number of hydrogen-bond acceptors (Lipinski definition) is 4. The van der Waals surface area contributed by atoms with Gasteiger partial charge in [0.2, 0.25) is 0 Å². The first-order chi connectivity index (χ1) is 23.3. The second-order valence-electron chi connectivity index (χ2n) is 13.0. The summed E-state index contributed by atoms with van der Waals surface area (Å²) < 4.78 is 0. The van der Waals surface area contributed by atoms with Crippen LogP contribution in [-0.2, 0) is 55.0 Å². The van der Waals surface area contributed by atoms with E-state index in [2.05, 4.69) is 84.9 Å². The second kappa shape index (κ2) is 25.1. The molecule has 0 atom stereocenters. The second-order valence-corrected chi connectivity index (χ2v) is 13.0. The van der Waals surface area contributed by atoms with E-state index in [0.717, 1.165) is 82.0 Å². The number of nitrogens with zero attached hydrogens (tertiary/aromatic N) is 2. The Kier molecular flexibility index (Phi) is 22.6. The summed E-state index contributed by atoms with van der Waals surface area (Å²) in [6.07, 6.45) is 16.7. The summed E-state index contributed by atoms with van der Waals surface area (Å²) in [5.41, 5.74) is 11.4. The first-order valence-electron chi connectivity index (χ1n) is 19.2. The average molecular weight is 712 g/mol. The predicted octanol–water partition coefficient (Wildman–Crippen LogP) is 11.7. The van der Waals surface area contributed by atoms with E-state index in [-0.39, 0.29) is 28.0 Å². The minimum absolute atomic E-state index is 0. The third-order valence-electron chi connectivity index (χ3n) is 9.06. The molecule has 0 saturated heterocycles. The molecule has 0 heterocycles. The number of benzene rings is 3. The van der Waals surface area contributed by atoms with Gasteiger partial charge < -0.3 is 10.2 Å². The predicted molar refractivity (Wildman–Crippen MR) is 206 cm³/mol. The molecular weight excluding hydrogens is 647 g/mol. The van der Waals surface area contributed by atoms with Gasteiger partial charge in [-0.3, -0.25) is 9.98 Å². The first-order valence-corrected chi connectivity index (χ1v) is 19.2. The smallest absolute Gasteiger partial charge is 0.873 e. The fraction of sp³-hybridized carbons (Fsp3) is 0.545.